The van der Waals surface area contributed by atoms with Crippen LogP contribution in [0.15, 0.2) is 36.8 Å². The summed E-state index contributed by atoms with van der Waals surface area (Å²) >= 11 is 6.98. The topological polar surface area (TPSA) is 99.6 Å². The van der Waals surface area contributed by atoms with Gasteiger partial charge in [-0.3, -0.25) is 9.78 Å². The van der Waals surface area contributed by atoms with Crippen LogP contribution in [0, 0.1) is 0 Å². The lowest BCUT2D eigenvalue weighted by atomic mass is 10.0. The van der Waals surface area contributed by atoms with Gasteiger partial charge in [0.25, 0.3) is 16.6 Å². The van der Waals surface area contributed by atoms with Crippen molar-refractivity contribution in [2.24, 2.45) is 0 Å². The van der Waals surface area contributed by atoms with Crippen LogP contribution in [0.25, 0.3) is 0 Å². The Kier molecular flexibility index (Phi) is 10.8. The average molecular weight is 606 g/mol. The third kappa shape index (κ3) is 8.41. The highest BCUT2D eigenvalue weighted by Crippen LogP contribution is 2.46. The summed E-state index contributed by atoms with van der Waals surface area (Å²) in [5.74, 6) is 0.395. The fourth-order valence-electron chi connectivity index (χ4n) is 3.18. The van der Waals surface area contributed by atoms with Crippen LogP contribution in [-0.4, -0.2) is 45.6 Å². The average Bonchev–Trinajstić information content (AvgIpc) is 2.82. The van der Waals surface area contributed by atoms with Gasteiger partial charge in [0, 0.05) is 18.5 Å². The molecule has 0 fully saturated rings. The first-order chi connectivity index (χ1) is 18.3. The number of benzene rings is 1. The maximum Gasteiger partial charge on any atom is 0.341 e. The van der Waals surface area contributed by atoms with Gasteiger partial charge in [0.05, 0.1) is 18.3 Å². The first kappa shape index (κ1) is 33.5. The Morgan fingerprint density at radius 1 is 0.975 bits per heavy atom. The molecule has 0 saturated heterocycles. The van der Waals surface area contributed by atoms with E-state index in [9.17, 15) is 9.59 Å². The maximum atomic E-state index is 13.2. The number of nitrogens with zero attached hydrogens (tertiary/aromatic N) is 2. The van der Waals surface area contributed by atoms with Crippen LogP contribution in [0.3, 0.4) is 0 Å². The Bertz CT molecular complexity index is 1240. The highest BCUT2D eigenvalue weighted by Gasteiger charge is 2.42. The summed E-state index contributed by atoms with van der Waals surface area (Å²) in [5.41, 5.74) is 0.856. The van der Waals surface area contributed by atoms with Crippen LogP contribution >= 0.6 is 11.6 Å². The molecule has 0 aliphatic carbocycles. The van der Waals surface area contributed by atoms with Crippen molar-refractivity contribution in [3.8, 4) is 11.5 Å². The van der Waals surface area contributed by atoms with E-state index in [0.717, 1.165) is 0 Å². The summed E-state index contributed by atoms with van der Waals surface area (Å²) in [6.45, 7) is 21.4. The minimum absolute atomic E-state index is 0.0722. The second-order valence-electron chi connectivity index (χ2n) is 12.8. The molecular formula is C29H44ClN3O5Si2. The zero-order valence-electron chi connectivity index (χ0n) is 25.7. The number of carbonyl (C=O) groups is 2. The Morgan fingerprint density at radius 3 is 2.05 bits per heavy atom. The van der Waals surface area contributed by atoms with Crippen LogP contribution in [0.5, 0.6) is 11.5 Å². The third-order valence-electron chi connectivity index (χ3n) is 7.67. The van der Waals surface area contributed by atoms with Crippen molar-refractivity contribution in [3.05, 3.63) is 53.0 Å². The SMILES string of the molecule is COC(=O)c1c(O[Si](C)(C)C(C)(C)C)cc(O[Si](C)(C)C(C)(C)C)c(Cl)c1CC/C=C\C(=O)Nc1cnccn1. The monoisotopic (exact) mass is 605 g/mol. The number of hydrogen-bond donors (Lipinski definition) is 1. The number of methoxy groups -OCH3 is 1. The highest BCUT2D eigenvalue weighted by molar-refractivity contribution is 6.75. The van der Waals surface area contributed by atoms with Crippen LogP contribution in [0.2, 0.25) is 41.3 Å². The number of rotatable bonds is 10. The molecule has 1 aromatic carbocycles. The van der Waals surface area contributed by atoms with Crippen molar-refractivity contribution in [1.82, 2.24) is 9.97 Å². The second kappa shape index (κ2) is 12.9. The van der Waals surface area contributed by atoms with Gasteiger partial charge in [0.15, 0.2) is 5.82 Å². The fourth-order valence-corrected chi connectivity index (χ4v) is 5.56. The Balaban J connectivity index is 2.55. The van der Waals surface area contributed by atoms with E-state index < -0.39 is 22.6 Å². The zero-order chi connectivity index (χ0) is 30.5. The van der Waals surface area contributed by atoms with Gasteiger partial charge < -0.3 is 18.9 Å². The molecule has 40 heavy (non-hydrogen) atoms. The lowest BCUT2D eigenvalue weighted by Crippen LogP contribution is -2.45. The molecule has 8 nitrogen and oxygen atoms in total. The molecule has 1 N–H and O–H groups in total. The molecule has 2 aromatic rings. The van der Waals surface area contributed by atoms with E-state index in [1.807, 2.05) is 0 Å². The van der Waals surface area contributed by atoms with Crippen molar-refractivity contribution >= 4 is 45.9 Å². The van der Waals surface area contributed by atoms with Gasteiger partial charge >= 0.3 is 5.97 Å². The Hall–Kier alpha value is -2.70. The minimum Gasteiger partial charge on any atom is -0.543 e. The number of anilines is 1. The number of carbonyl (C=O) groups excluding carboxylic acids is 2. The fraction of sp³-hybridized carbons (Fsp3) is 0.517. The standard InChI is InChI=1S/C29H44ClN3O5Si2/c1-28(2,3)39(8,9)37-21-18-22(38-40(10,11)29(4,5)6)26(30)20(25(21)27(35)36-7)14-12-13-15-24(34)33-23-19-31-16-17-32-23/h13,15-19H,12,14H2,1-11H3,(H,32,33,34)/b15-13-. The van der Waals surface area contributed by atoms with Crippen molar-refractivity contribution in [1.29, 1.82) is 0 Å². The summed E-state index contributed by atoms with van der Waals surface area (Å²) < 4.78 is 18.5. The predicted octanol–water partition coefficient (Wildman–Crippen LogP) is 7.81. The van der Waals surface area contributed by atoms with Gasteiger partial charge in [0.1, 0.15) is 17.1 Å². The zero-order valence-corrected chi connectivity index (χ0v) is 28.4. The van der Waals surface area contributed by atoms with Crippen molar-refractivity contribution < 1.29 is 23.2 Å². The van der Waals surface area contributed by atoms with E-state index in [1.165, 1.54) is 31.8 Å². The quantitative estimate of drug-likeness (QED) is 0.167. The molecule has 2 rings (SSSR count). The number of ether oxygens (including phenoxy) is 1. The van der Waals surface area contributed by atoms with E-state index in [0.29, 0.717) is 40.7 Å². The van der Waals surface area contributed by atoms with Gasteiger partial charge in [-0.1, -0.05) is 59.2 Å². The number of aromatic nitrogens is 2. The van der Waals surface area contributed by atoms with Crippen molar-refractivity contribution in [2.45, 2.75) is 90.6 Å². The largest absolute Gasteiger partial charge is 0.543 e. The molecule has 0 saturated carbocycles. The number of allylic oxidation sites excluding steroid dienone is 1. The van der Waals surface area contributed by atoms with E-state index in [1.54, 1.807) is 12.1 Å². The van der Waals surface area contributed by atoms with E-state index in [-0.39, 0.29) is 21.5 Å². The smallest absolute Gasteiger partial charge is 0.341 e. The Morgan fingerprint density at radius 2 is 1.55 bits per heavy atom. The summed E-state index contributed by atoms with van der Waals surface area (Å²) in [7, 11) is -3.30. The number of nitrogens with one attached hydrogen (secondary N) is 1. The first-order valence-electron chi connectivity index (χ1n) is 13.4. The number of hydrogen-bond acceptors (Lipinski definition) is 7. The molecule has 0 radical (unpaired) electrons. The van der Waals surface area contributed by atoms with E-state index >= 15 is 0 Å². The molecule has 220 valence electrons. The maximum absolute atomic E-state index is 13.2. The van der Waals surface area contributed by atoms with Gasteiger partial charge in [0.2, 0.25) is 5.91 Å². The summed E-state index contributed by atoms with van der Waals surface area (Å²) in [5, 5.41) is 2.83. The van der Waals surface area contributed by atoms with Crippen LogP contribution in [0.1, 0.15) is 63.9 Å². The van der Waals surface area contributed by atoms with Gasteiger partial charge in [-0.2, -0.15) is 0 Å². The molecule has 0 aliphatic heterocycles. The summed E-state index contributed by atoms with van der Waals surface area (Å²) in [6.07, 6.45) is 8.42. The lowest BCUT2D eigenvalue weighted by Gasteiger charge is -2.39. The highest BCUT2D eigenvalue weighted by atomic mass is 35.5. The molecule has 1 heterocycles. The van der Waals surface area contributed by atoms with Crippen molar-refractivity contribution in [2.75, 3.05) is 12.4 Å². The number of amides is 1. The number of halogens is 1. The van der Waals surface area contributed by atoms with E-state index in [4.69, 9.17) is 25.2 Å². The summed E-state index contributed by atoms with van der Waals surface area (Å²) in [4.78, 5) is 33.5. The molecule has 0 aliphatic rings. The van der Waals surface area contributed by atoms with Crippen LogP contribution in [0.4, 0.5) is 5.82 Å². The molecule has 11 heteroatoms. The lowest BCUT2D eigenvalue weighted by molar-refractivity contribution is -0.111. The minimum atomic E-state index is -2.36. The third-order valence-corrected chi connectivity index (χ3v) is 16.8. The van der Waals surface area contributed by atoms with Gasteiger partial charge in [-0.15, -0.1) is 0 Å². The Labute approximate surface area is 246 Å². The molecule has 1 amide bonds. The molecule has 0 bridgehead atoms. The summed E-state index contributed by atoms with van der Waals surface area (Å²) in [6, 6.07) is 1.75. The molecule has 0 spiro atoms. The normalized spacial score (nSPS) is 12.8. The second-order valence-corrected chi connectivity index (χ2v) is 22.6. The molecular weight excluding hydrogens is 562 g/mol. The van der Waals surface area contributed by atoms with Gasteiger partial charge in [-0.25, -0.2) is 9.78 Å². The van der Waals surface area contributed by atoms with Crippen LogP contribution < -0.4 is 14.2 Å². The van der Waals surface area contributed by atoms with Crippen LogP contribution in [-0.2, 0) is 16.0 Å². The molecule has 1 aromatic heterocycles. The molecule has 0 atom stereocenters. The number of esters is 1. The molecule has 0 unspecified atom stereocenters. The van der Waals surface area contributed by atoms with E-state index in [2.05, 4.69) is 83.0 Å². The predicted molar refractivity (Wildman–Crippen MR) is 167 cm³/mol. The first-order valence-corrected chi connectivity index (χ1v) is 19.6. The van der Waals surface area contributed by atoms with Gasteiger partial charge in [-0.05, 0) is 60.7 Å². The van der Waals surface area contributed by atoms with Crippen molar-refractivity contribution in [3.63, 3.8) is 0 Å².